The van der Waals surface area contributed by atoms with Crippen molar-refractivity contribution in [2.45, 2.75) is 13.1 Å². The van der Waals surface area contributed by atoms with Gasteiger partial charge in [0.1, 0.15) is 0 Å². The molecule has 0 atom stereocenters. The Morgan fingerprint density at radius 3 is 2.42 bits per heavy atom. The van der Waals surface area contributed by atoms with Crippen molar-refractivity contribution in [1.82, 2.24) is 0 Å². The van der Waals surface area contributed by atoms with Gasteiger partial charge in [-0.15, -0.1) is 0 Å². The molecule has 0 saturated carbocycles. The van der Waals surface area contributed by atoms with Gasteiger partial charge in [-0.2, -0.15) is 13.2 Å². The molecule has 0 spiro atoms. The van der Waals surface area contributed by atoms with E-state index >= 15 is 0 Å². The number of amides is 2. The van der Waals surface area contributed by atoms with Crippen molar-refractivity contribution in [3.05, 3.63) is 76.2 Å². The highest BCUT2D eigenvalue weighted by molar-refractivity contribution is 9.10. The molecule has 0 aliphatic heterocycles. The predicted molar refractivity (Wildman–Crippen MR) is 114 cm³/mol. The van der Waals surface area contributed by atoms with Gasteiger partial charge in [-0.1, -0.05) is 6.07 Å². The van der Waals surface area contributed by atoms with Gasteiger partial charge in [0.25, 0.3) is 5.91 Å². The van der Waals surface area contributed by atoms with E-state index in [1.165, 1.54) is 24.5 Å². The molecule has 3 rings (SSSR count). The number of anilines is 3. The minimum absolute atomic E-state index is 0.0327. The molecule has 2 amide bonds. The van der Waals surface area contributed by atoms with E-state index in [1.54, 1.807) is 18.2 Å². The first-order valence-electron chi connectivity index (χ1n) is 8.99. The summed E-state index contributed by atoms with van der Waals surface area (Å²) in [6.07, 6.45) is -3.42. The standard InChI is InChI=1S/C21H17BrF3N3O3/c1-12-4-6-17(15(22)9-12)28-19(29)11-26-16-7-5-13(10-14(16)21(23,24)25)27-20(30)18-3-2-8-31-18/h2-10,26H,11H2,1H3,(H,27,30)(H,28,29). The fourth-order valence-corrected chi connectivity index (χ4v) is 3.29. The molecule has 10 heteroatoms. The van der Waals surface area contributed by atoms with Crippen LogP contribution in [0.25, 0.3) is 0 Å². The largest absolute Gasteiger partial charge is 0.459 e. The average Bonchev–Trinajstić information content (AvgIpc) is 3.23. The fraction of sp³-hybridized carbons (Fsp3) is 0.143. The summed E-state index contributed by atoms with van der Waals surface area (Å²) in [7, 11) is 0. The van der Waals surface area contributed by atoms with Crippen molar-refractivity contribution < 1.29 is 27.2 Å². The van der Waals surface area contributed by atoms with Crippen molar-refractivity contribution in [2.75, 3.05) is 22.5 Å². The summed E-state index contributed by atoms with van der Waals surface area (Å²) >= 11 is 3.33. The third-order valence-electron chi connectivity index (χ3n) is 4.17. The van der Waals surface area contributed by atoms with E-state index in [0.29, 0.717) is 10.2 Å². The molecule has 1 heterocycles. The molecule has 0 radical (unpaired) electrons. The highest BCUT2D eigenvalue weighted by Crippen LogP contribution is 2.36. The summed E-state index contributed by atoms with van der Waals surface area (Å²) in [6, 6.07) is 11.4. The molecule has 3 aromatic rings. The molecule has 162 valence electrons. The first kappa shape index (κ1) is 22.4. The number of hydrogen-bond donors (Lipinski definition) is 3. The molecule has 0 aliphatic carbocycles. The lowest BCUT2D eigenvalue weighted by atomic mass is 10.1. The Morgan fingerprint density at radius 1 is 1.03 bits per heavy atom. The van der Waals surface area contributed by atoms with E-state index in [0.717, 1.165) is 17.7 Å². The quantitative estimate of drug-likeness (QED) is 0.411. The van der Waals surface area contributed by atoms with Gasteiger partial charge in [0, 0.05) is 15.8 Å². The number of halogens is 4. The molecular formula is C21H17BrF3N3O3. The third kappa shape index (κ3) is 5.88. The second kappa shape index (κ2) is 9.25. The Kier molecular flexibility index (Phi) is 6.69. The highest BCUT2D eigenvalue weighted by atomic mass is 79.9. The zero-order chi connectivity index (χ0) is 22.6. The van der Waals surface area contributed by atoms with Gasteiger partial charge in [-0.3, -0.25) is 9.59 Å². The number of furan rings is 1. The Labute approximate surface area is 184 Å². The lowest BCUT2D eigenvalue weighted by Crippen LogP contribution is -2.23. The van der Waals surface area contributed by atoms with Crippen molar-refractivity contribution in [3.8, 4) is 0 Å². The molecule has 2 aromatic carbocycles. The second-order valence-corrected chi connectivity index (χ2v) is 7.43. The number of carbonyl (C=O) groups is 2. The van der Waals surface area contributed by atoms with E-state index < -0.39 is 23.6 Å². The zero-order valence-corrected chi connectivity index (χ0v) is 17.7. The fourth-order valence-electron chi connectivity index (χ4n) is 2.70. The van der Waals surface area contributed by atoms with Crippen molar-refractivity contribution in [1.29, 1.82) is 0 Å². The van der Waals surface area contributed by atoms with E-state index in [4.69, 9.17) is 4.42 Å². The van der Waals surface area contributed by atoms with Crippen LogP contribution in [-0.2, 0) is 11.0 Å². The first-order valence-corrected chi connectivity index (χ1v) is 9.79. The monoisotopic (exact) mass is 495 g/mol. The van der Waals surface area contributed by atoms with E-state index in [1.807, 2.05) is 6.92 Å². The molecule has 6 nitrogen and oxygen atoms in total. The number of carbonyl (C=O) groups excluding carboxylic acids is 2. The van der Waals surface area contributed by atoms with Crippen LogP contribution in [0.3, 0.4) is 0 Å². The van der Waals surface area contributed by atoms with Gasteiger partial charge >= 0.3 is 6.18 Å². The molecule has 31 heavy (non-hydrogen) atoms. The van der Waals surface area contributed by atoms with Crippen LogP contribution >= 0.6 is 15.9 Å². The summed E-state index contributed by atoms with van der Waals surface area (Å²) in [5.74, 6) is -1.23. The molecule has 0 saturated heterocycles. The summed E-state index contributed by atoms with van der Waals surface area (Å²) in [5.41, 5.74) is 0.115. The van der Waals surface area contributed by atoms with Crippen LogP contribution in [0.4, 0.5) is 30.2 Å². The average molecular weight is 496 g/mol. The van der Waals surface area contributed by atoms with Crippen molar-refractivity contribution in [2.24, 2.45) is 0 Å². The molecule has 0 unspecified atom stereocenters. The van der Waals surface area contributed by atoms with E-state index in [2.05, 4.69) is 31.9 Å². The Morgan fingerprint density at radius 2 is 1.77 bits per heavy atom. The maximum Gasteiger partial charge on any atom is 0.418 e. The summed E-state index contributed by atoms with van der Waals surface area (Å²) in [5, 5.41) is 7.47. The zero-order valence-electron chi connectivity index (χ0n) is 16.1. The van der Waals surface area contributed by atoms with Gasteiger partial charge in [0.2, 0.25) is 5.91 Å². The topological polar surface area (TPSA) is 83.4 Å². The second-order valence-electron chi connectivity index (χ2n) is 6.57. The van der Waals surface area contributed by atoms with Gasteiger partial charge in [-0.05, 0) is 70.9 Å². The minimum Gasteiger partial charge on any atom is -0.459 e. The number of nitrogens with one attached hydrogen (secondary N) is 3. The maximum absolute atomic E-state index is 13.5. The van der Waals surface area contributed by atoms with Gasteiger partial charge in [-0.25, -0.2) is 0 Å². The molecule has 3 N–H and O–H groups in total. The van der Waals surface area contributed by atoms with Crippen LogP contribution in [0, 0.1) is 6.92 Å². The number of aryl methyl sites for hydroxylation is 1. The maximum atomic E-state index is 13.5. The van der Waals surface area contributed by atoms with Crippen LogP contribution in [0.15, 0.2) is 63.7 Å². The molecule has 1 aromatic heterocycles. The normalized spacial score (nSPS) is 11.1. The lowest BCUT2D eigenvalue weighted by Gasteiger charge is -2.16. The minimum atomic E-state index is -4.70. The molecule has 0 aliphatic rings. The first-order chi connectivity index (χ1) is 14.6. The van der Waals surface area contributed by atoms with Crippen LogP contribution in [0.2, 0.25) is 0 Å². The summed E-state index contributed by atoms with van der Waals surface area (Å²) in [6.45, 7) is 1.50. The number of alkyl halides is 3. The SMILES string of the molecule is Cc1ccc(NC(=O)CNc2ccc(NC(=O)c3ccco3)cc2C(F)(F)F)c(Br)c1. The van der Waals surface area contributed by atoms with E-state index in [9.17, 15) is 22.8 Å². The summed E-state index contributed by atoms with van der Waals surface area (Å²) < 4.78 is 46.2. The number of rotatable bonds is 6. The highest BCUT2D eigenvalue weighted by Gasteiger charge is 2.34. The van der Waals surface area contributed by atoms with Crippen LogP contribution in [-0.4, -0.2) is 18.4 Å². The van der Waals surface area contributed by atoms with Crippen molar-refractivity contribution in [3.63, 3.8) is 0 Å². The molecular weight excluding hydrogens is 479 g/mol. The Balaban J connectivity index is 1.71. The summed E-state index contributed by atoms with van der Waals surface area (Å²) in [4.78, 5) is 24.2. The number of benzene rings is 2. The van der Waals surface area contributed by atoms with E-state index in [-0.39, 0.29) is 23.7 Å². The third-order valence-corrected chi connectivity index (χ3v) is 4.82. The van der Waals surface area contributed by atoms with Gasteiger partial charge < -0.3 is 20.4 Å². The Hall–Kier alpha value is -3.27. The smallest absolute Gasteiger partial charge is 0.418 e. The van der Waals surface area contributed by atoms with Crippen molar-refractivity contribution >= 4 is 44.8 Å². The molecule has 0 bridgehead atoms. The van der Waals surface area contributed by atoms with Crippen LogP contribution in [0.1, 0.15) is 21.7 Å². The number of hydrogen-bond acceptors (Lipinski definition) is 4. The van der Waals surface area contributed by atoms with Gasteiger partial charge in [0.05, 0.1) is 24.1 Å². The lowest BCUT2D eigenvalue weighted by molar-refractivity contribution is -0.137. The Bertz CT molecular complexity index is 1100. The van der Waals surface area contributed by atoms with Crippen LogP contribution < -0.4 is 16.0 Å². The van der Waals surface area contributed by atoms with Gasteiger partial charge in [0.15, 0.2) is 5.76 Å². The molecule has 0 fully saturated rings. The predicted octanol–water partition coefficient (Wildman–Crippen LogP) is 5.67. The van der Waals surface area contributed by atoms with Crippen LogP contribution in [0.5, 0.6) is 0 Å².